The molecule has 126 valence electrons. The minimum atomic E-state index is -1.92. The molecule has 0 saturated heterocycles. The van der Waals surface area contributed by atoms with Crippen molar-refractivity contribution < 1.29 is 9.22 Å². The Labute approximate surface area is 146 Å². The first-order valence-electron chi connectivity index (χ1n) is 8.26. The second kappa shape index (κ2) is 7.18. The van der Waals surface area contributed by atoms with Crippen LogP contribution in [0.3, 0.4) is 0 Å². The van der Waals surface area contributed by atoms with Crippen LogP contribution in [0, 0.1) is 0 Å². The van der Waals surface area contributed by atoms with Gasteiger partial charge < -0.3 is 4.43 Å². The maximum absolute atomic E-state index is 12.3. The Balaban J connectivity index is 2.23. The minimum absolute atomic E-state index is 0.00210. The molecule has 0 aliphatic rings. The highest BCUT2D eigenvalue weighted by molar-refractivity contribution is 6.74. The van der Waals surface area contributed by atoms with Gasteiger partial charge in [0.15, 0.2) is 5.78 Å². The zero-order valence-corrected chi connectivity index (χ0v) is 16.2. The lowest BCUT2D eigenvalue weighted by Gasteiger charge is -2.36. The molecule has 2 aromatic rings. The summed E-state index contributed by atoms with van der Waals surface area (Å²) in [6, 6.07) is 17.2. The van der Waals surface area contributed by atoms with Crippen LogP contribution >= 0.6 is 0 Å². The fourth-order valence-corrected chi connectivity index (χ4v) is 3.05. The Bertz CT molecular complexity index is 725. The van der Waals surface area contributed by atoms with Gasteiger partial charge in [-0.1, -0.05) is 69.3 Å². The first-order valence-corrected chi connectivity index (χ1v) is 11.2. The molecule has 0 spiro atoms. The number of benzene rings is 2. The van der Waals surface area contributed by atoms with Crippen LogP contribution in [0.5, 0.6) is 5.75 Å². The van der Waals surface area contributed by atoms with Crippen LogP contribution in [0.4, 0.5) is 0 Å². The van der Waals surface area contributed by atoms with Crippen molar-refractivity contribution in [3.05, 3.63) is 71.8 Å². The largest absolute Gasteiger partial charge is 0.543 e. The van der Waals surface area contributed by atoms with Crippen LogP contribution in [-0.4, -0.2) is 14.1 Å². The van der Waals surface area contributed by atoms with Gasteiger partial charge in [-0.05, 0) is 36.4 Å². The molecule has 0 heterocycles. The van der Waals surface area contributed by atoms with Crippen LogP contribution < -0.4 is 4.43 Å². The Morgan fingerprint density at radius 3 is 2.17 bits per heavy atom. The minimum Gasteiger partial charge on any atom is -0.543 e. The Kier molecular flexibility index (Phi) is 5.45. The summed E-state index contributed by atoms with van der Waals surface area (Å²) in [7, 11) is -1.92. The molecule has 0 amide bonds. The average molecular weight is 339 g/mol. The highest BCUT2D eigenvalue weighted by Gasteiger charge is 2.39. The summed E-state index contributed by atoms with van der Waals surface area (Å²) in [5, 5.41) is 0.129. The predicted octanol–water partition coefficient (Wildman–Crippen LogP) is 5.97. The number of para-hydroxylation sites is 1. The van der Waals surface area contributed by atoms with Crippen molar-refractivity contribution in [3.63, 3.8) is 0 Å². The lowest BCUT2D eigenvalue weighted by atomic mass is 10.1. The van der Waals surface area contributed by atoms with E-state index in [4.69, 9.17) is 4.43 Å². The molecule has 24 heavy (non-hydrogen) atoms. The van der Waals surface area contributed by atoms with Crippen LogP contribution in [0.25, 0.3) is 6.08 Å². The summed E-state index contributed by atoms with van der Waals surface area (Å²) >= 11 is 0. The summed E-state index contributed by atoms with van der Waals surface area (Å²) in [5.74, 6) is 0.846. The normalized spacial score (nSPS) is 12.4. The molecule has 0 radical (unpaired) electrons. The van der Waals surface area contributed by atoms with E-state index >= 15 is 0 Å². The number of rotatable bonds is 5. The van der Waals surface area contributed by atoms with Gasteiger partial charge in [0, 0.05) is 11.1 Å². The molecule has 2 aromatic carbocycles. The van der Waals surface area contributed by atoms with E-state index < -0.39 is 8.32 Å². The SMILES string of the molecule is CC(C)(C)[Si](C)(C)Oc1ccccc1/C=C/C(=O)c1ccccc1. The highest BCUT2D eigenvalue weighted by Crippen LogP contribution is 2.38. The van der Waals surface area contributed by atoms with E-state index in [1.165, 1.54) is 0 Å². The molecule has 0 aromatic heterocycles. The van der Waals surface area contributed by atoms with Gasteiger partial charge in [0.1, 0.15) is 5.75 Å². The van der Waals surface area contributed by atoms with Gasteiger partial charge in [0.25, 0.3) is 8.32 Å². The maximum atomic E-state index is 12.3. The molecule has 0 fully saturated rings. The van der Waals surface area contributed by atoms with Gasteiger partial charge in [0.2, 0.25) is 0 Å². The number of hydrogen-bond donors (Lipinski definition) is 0. The number of carbonyl (C=O) groups excluding carboxylic acids is 1. The van der Waals surface area contributed by atoms with Gasteiger partial charge in [-0.2, -0.15) is 0 Å². The van der Waals surface area contributed by atoms with Crippen molar-refractivity contribution in [2.24, 2.45) is 0 Å². The third kappa shape index (κ3) is 4.45. The zero-order chi connectivity index (χ0) is 17.8. The van der Waals surface area contributed by atoms with Gasteiger partial charge in [0.05, 0.1) is 0 Å². The van der Waals surface area contributed by atoms with Crippen molar-refractivity contribution in [1.82, 2.24) is 0 Å². The standard InChI is InChI=1S/C21H26O2Si/c1-21(2,3)24(4,5)23-20-14-10-9-13-18(20)15-16-19(22)17-11-7-6-8-12-17/h6-16H,1-5H3/b16-15+. The smallest absolute Gasteiger partial charge is 0.250 e. The van der Waals surface area contributed by atoms with Crippen molar-refractivity contribution in [2.45, 2.75) is 38.9 Å². The zero-order valence-electron chi connectivity index (χ0n) is 15.2. The number of hydrogen-bond acceptors (Lipinski definition) is 2. The number of carbonyl (C=O) groups is 1. The second-order valence-corrected chi connectivity index (χ2v) is 12.2. The third-order valence-corrected chi connectivity index (χ3v) is 8.91. The van der Waals surface area contributed by atoms with Gasteiger partial charge >= 0.3 is 0 Å². The average Bonchev–Trinajstić information content (AvgIpc) is 2.53. The van der Waals surface area contributed by atoms with E-state index in [0.717, 1.165) is 11.3 Å². The van der Waals surface area contributed by atoms with E-state index in [2.05, 4.69) is 33.9 Å². The summed E-state index contributed by atoms with van der Waals surface area (Å²) in [5.41, 5.74) is 1.63. The molecule has 0 atom stereocenters. The molecule has 0 unspecified atom stereocenters. The fourth-order valence-electron chi connectivity index (χ4n) is 2.00. The highest BCUT2D eigenvalue weighted by atomic mass is 28.4. The van der Waals surface area contributed by atoms with Crippen molar-refractivity contribution >= 4 is 20.2 Å². The van der Waals surface area contributed by atoms with E-state index in [1.807, 2.05) is 60.7 Å². The summed E-state index contributed by atoms with van der Waals surface area (Å²) in [6.07, 6.45) is 3.46. The fraction of sp³-hybridized carbons (Fsp3) is 0.286. The first kappa shape index (κ1) is 18.2. The first-order chi connectivity index (χ1) is 11.2. The second-order valence-electron chi connectivity index (χ2n) is 7.46. The van der Waals surface area contributed by atoms with Crippen LogP contribution in [0.1, 0.15) is 36.7 Å². The summed E-state index contributed by atoms with van der Waals surface area (Å²) in [6.45, 7) is 11.1. The van der Waals surface area contributed by atoms with Gasteiger partial charge in [-0.3, -0.25) is 4.79 Å². The molecule has 2 nitrogen and oxygen atoms in total. The number of allylic oxidation sites excluding steroid dienone is 1. The summed E-state index contributed by atoms with van der Waals surface area (Å²) < 4.78 is 6.41. The third-order valence-electron chi connectivity index (χ3n) is 4.56. The monoisotopic (exact) mass is 338 g/mol. The van der Waals surface area contributed by atoms with Crippen LogP contribution in [0.15, 0.2) is 60.7 Å². The molecule has 0 aliphatic heterocycles. The number of ketones is 1. The Hall–Kier alpha value is -2.13. The van der Waals surface area contributed by atoms with E-state index in [1.54, 1.807) is 6.08 Å². The van der Waals surface area contributed by atoms with Crippen molar-refractivity contribution in [1.29, 1.82) is 0 Å². The Morgan fingerprint density at radius 1 is 0.958 bits per heavy atom. The quantitative estimate of drug-likeness (QED) is 0.381. The molecular formula is C21H26O2Si. The molecule has 0 N–H and O–H groups in total. The molecule has 3 heteroatoms. The van der Waals surface area contributed by atoms with Crippen molar-refractivity contribution in [2.75, 3.05) is 0 Å². The molecule has 0 bridgehead atoms. The van der Waals surface area contributed by atoms with E-state index in [-0.39, 0.29) is 10.8 Å². The van der Waals surface area contributed by atoms with Gasteiger partial charge in [-0.15, -0.1) is 0 Å². The Morgan fingerprint density at radius 2 is 1.54 bits per heavy atom. The molecule has 0 aliphatic carbocycles. The predicted molar refractivity (Wildman–Crippen MR) is 104 cm³/mol. The maximum Gasteiger partial charge on any atom is 0.250 e. The van der Waals surface area contributed by atoms with Gasteiger partial charge in [-0.25, -0.2) is 0 Å². The topological polar surface area (TPSA) is 26.3 Å². The lowest BCUT2D eigenvalue weighted by Crippen LogP contribution is -2.44. The van der Waals surface area contributed by atoms with E-state index in [0.29, 0.717) is 5.56 Å². The van der Waals surface area contributed by atoms with Crippen molar-refractivity contribution in [3.8, 4) is 5.75 Å². The molecule has 2 rings (SSSR count). The lowest BCUT2D eigenvalue weighted by molar-refractivity contribution is 0.104. The molecule has 0 saturated carbocycles. The van der Waals surface area contributed by atoms with Crippen LogP contribution in [0.2, 0.25) is 18.1 Å². The van der Waals surface area contributed by atoms with E-state index in [9.17, 15) is 4.79 Å². The van der Waals surface area contributed by atoms with Crippen LogP contribution in [-0.2, 0) is 0 Å². The summed E-state index contributed by atoms with van der Waals surface area (Å²) in [4.78, 5) is 12.3. The molecular weight excluding hydrogens is 312 g/mol.